The molecule has 2 saturated carbocycles. The molecule has 3 aliphatic heterocycles. The topological polar surface area (TPSA) is 142 Å². The minimum Gasteiger partial charge on any atom is -0.462 e. The van der Waals surface area contributed by atoms with Crippen molar-refractivity contribution in [1.29, 1.82) is 0 Å². The molecule has 0 radical (unpaired) electrons. The molecule has 0 aromatic heterocycles. The fourth-order valence-corrected chi connectivity index (χ4v) is 10.2. The van der Waals surface area contributed by atoms with Crippen molar-refractivity contribution in [3.63, 3.8) is 0 Å². The van der Waals surface area contributed by atoms with Gasteiger partial charge in [0.2, 0.25) is 0 Å². The number of rotatable bonds is 7. The van der Waals surface area contributed by atoms with Crippen molar-refractivity contribution in [2.24, 2.45) is 41.4 Å². The third-order valence-corrected chi connectivity index (χ3v) is 12.4. The number of ketones is 1. The molecule has 12 nitrogen and oxygen atoms in total. The van der Waals surface area contributed by atoms with Gasteiger partial charge in [-0.25, -0.2) is 0 Å². The Morgan fingerprint density at radius 2 is 1.57 bits per heavy atom. The molecule has 0 bridgehead atoms. The summed E-state index contributed by atoms with van der Waals surface area (Å²) in [5, 5.41) is 0. The summed E-state index contributed by atoms with van der Waals surface area (Å²) in [6, 6.07) is 0. The Labute approximate surface area is 289 Å². The third-order valence-electron chi connectivity index (χ3n) is 12.4. The van der Waals surface area contributed by atoms with Crippen LogP contribution in [0.15, 0.2) is 11.6 Å². The van der Waals surface area contributed by atoms with Crippen LogP contribution < -0.4 is 0 Å². The predicted octanol–water partition coefficient (Wildman–Crippen LogP) is 3.95. The zero-order chi connectivity index (χ0) is 35.1. The summed E-state index contributed by atoms with van der Waals surface area (Å²) in [5.74, 6) is -2.41. The van der Waals surface area contributed by atoms with Gasteiger partial charge in [0, 0.05) is 46.0 Å². The minimum absolute atomic E-state index is 0.0284. The van der Waals surface area contributed by atoms with E-state index < -0.39 is 48.5 Å². The first kappa shape index (κ1) is 36.4. The van der Waals surface area contributed by atoms with Crippen LogP contribution in [-0.4, -0.2) is 100 Å². The van der Waals surface area contributed by atoms with Crippen LogP contribution in [0.2, 0.25) is 0 Å². The maximum Gasteiger partial charge on any atom is 0.306 e. The first-order valence-corrected chi connectivity index (χ1v) is 18.2. The molecule has 3 heterocycles. The number of fused-ring (bicyclic) bond motifs is 8. The van der Waals surface area contributed by atoms with E-state index in [1.165, 1.54) is 6.92 Å². The molecule has 16 atom stereocenters. The number of carbonyl (C=O) groups is 4. The Balaban J connectivity index is 1.31. The van der Waals surface area contributed by atoms with Crippen LogP contribution in [0.1, 0.15) is 79.1 Å². The van der Waals surface area contributed by atoms with Crippen molar-refractivity contribution in [2.45, 2.75) is 134 Å². The van der Waals surface area contributed by atoms with Crippen molar-refractivity contribution in [3.8, 4) is 0 Å². The lowest BCUT2D eigenvalue weighted by Gasteiger charge is -2.45. The average molecular weight is 691 g/mol. The summed E-state index contributed by atoms with van der Waals surface area (Å²) in [6.45, 7) is 7.09. The zero-order valence-corrected chi connectivity index (χ0v) is 29.9. The molecule has 3 saturated heterocycles. The fraction of sp³-hybridized carbons (Fsp3) is 0.838. The molecule has 0 aromatic carbocycles. The maximum atomic E-state index is 14.4. The zero-order valence-electron chi connectivity index (χ0n) is 29.9. The molecule has 12 heteroatoms. The summed E-state index contributed by atoms with van der Waals surface area (Å²) < 4.78 is 48.1. The van der Waals surface area contributed by atoms with Gasteiger partial charge < -0.3 is 37.9 Å². The first-order valence-electron chi connectivity index (χ1n) is 18.2. The number of methoxy groups -OCH3 is 3. The smallest absolute Gasteiger partial charge is 0.306 e. The number of Topliss-reactive ketones (excluding diaryl/α,β-unsaturated/α-hetero) is 1. The van der Waals surface area contributed by atoms with Gasteiger partial charge >= 0.3 is 17.9 Å². The van der Waals surface area contributed by atoms with E-state index in [4.69, 9.17) is 37.9 Å². The van der Waals surface area contributed by atoms with E-state index in [0.717, 1.165) is 0 Å². The van der Waals surface area contributed by atoms with Gasteiger partial charge in [-0.15, -0.1) is 0 Å². The average Bonchev–Trinajstić information content (AvgIpc) is 3.76. The molecule has 4 unspecified atom stereocenters. The maximum absolute atomic E-state index is 14.4. The Hall–Kier alpha value is -2.38. The molecular formula is C37H54O12. The van der Waals surface area contributed by atoms with Crippen LogP contribution in [0.5, 0.6) is 0 Å². The number of hydrogen-bond donors (Lipinski definition) is 0. The third kappa shape index (κ3) is 6.97. The number of cyclic esters (lactones) is 1. The molecule has 49 heavy (non-hydrogen) atoms. The Bertz CT molecular complexity index is 1280. The Morgan fingerprint density at radius 1 is 0.878 bits per heavy atom. The Kier molecular flexibility index (Phi) is 11.2. The van der Waals surface area contributed by atoms with Crippen molar-refractivity contribution in [1.82, 2.24) is 0 Å². The number of ether oxygens (including phenoxy) is 8. The molecule has 3 aliphatic carbocycles. The second-order valence-corrected chi connectivity index (χ2v) is 15.0. The van der Waals surface area contributed by atoms with Crippen LogP contribution in [0.25, 0.3) is 0 Å². The van der Waals surface area contributed by atoms with Crippen LogP contribution >= 0.6 is 0 Å². The largest absolute Gasteiger partial charge is 0.462 e. The quantitative estimate of drug-likeness (QED) is 0.282. The summed E-state index contributed by atoms with van der Waals surface area (Å²) in [7, 11) is 4.85. The molecular weight excluding hydrogens is 636 g/mol. The summed E-state index contributed by atoms with van der Waals surface area (Å²) >= 11 is 0. The number of allylic oxidation sites excluding steroid dienone is 2. The van der Waals surface area contributed by atoms with Gasteiger partial charge in [-0.3, -0.25) is 19.2 Å². The lowest BCUT2D eigenvalue weighted by molar-refractivity contribution is -0.314. The highest BCUT2D eigenvalue weighted by Gasteiger charge is 2.63. The van der Waals surface area contributed by atoms with E-state index in [1.54, 1.807) is 21.3 Å². The first-order chi connectivity index (χ1) is 23.5. The van der Waals surface area contributed by atoms with Gasteiger partial charge in [0.25, 0.3) is 0 Å². The lowest BCUT2D eigenvalue weighted by Crippen LogP contribution is -2.59. The lowest BCUT2D eigenvalue weighted by atomic mass is 9.60. The van der Waals surface area contributed by atoms with Crippen molar-refractivity contribution in [2.75, 3.05) is 21.3 Å². The molecule has 0 spiro atoms. The highest BCUT2D eigenvalue weighted by atomic mass is 16.7. The molecule has 5 fully saturated rings. The van der Waals surface area contributed by atoms with Gasteiger partial charge in [0.15, 0.2) is 12.1 Å². The van der Waals surface area contributed by atoms with Gasteiger partial charge in [-0.1, -0.05) is 19.9 Å². The van der Waals surface area contributed by atoms with Crippen molar-refractivity contribution < 1.29 is 57.1 Å². The van der Waals surface area contributed by atoms with Crippen LogP contribution in [0.3, 0.4) is 0 Å². The Morgan fingerprint density at radius 3 is 2.24 bits per heavy atom. The van der Waals surface area contributed by atoms with E-state index in [0.29, 0.717) is 50.5 Å². The summed E-state index contributed by atoms with van der Waals surface area (Å²) in [6.07, 6.45) is 2.52. The fourth-order valence-electron chi connectivity index (χ4n) is 10.2. The van der Waals surface area contributed by atoms with E-state index >= 15 is 0 Å². The van der Waals surface area contributed by atoms with Gasteiger partial charge in [0.1, 0.15) is 36.6 Å². The van der Waals surface area contributed by atoms with Gasteiger partial charge in [-0.05, 0) is 68.8 Å². The molecule has 6 aliphatic rings. The molecule has 0 N–H and O–H groups in total. The predicted molar refractivity (Wildman–Crippen MR) is 173 cm³/mol. The van der Waals surface area contributed by atoms with Gasteiger partial charge in [0.05, 0.1) is 31.0 Å². The minimum atomic E-state index is -0.687. The van der Waals surface area contributed by atoms with Crippen molar-refractivity contribution in [3.05, 3.63) is 11.6 Å². The molecule has 0 amide bonds. The molecule has 274 valence electrons. The standard InChI is InChI=1S/C37H54O12/c1-8-20-10-9-11-28(46-19(4)38)17(2)32(41)26-14-24-22-12-21(48-37-36(44-7)35(43-6)33(42-5)18(3)45-37)13-23(22)27-16-30(40)49-34(27)31(24)25(26)15-29(39)47-20/h14,17-18,20-25,27-28,31,33-37H,8-13,15-16H2,1-7H3/t17-,18?,20+,21+,22-,23-,24+,25-,27?,28+,31-,33+,34?,35-,36?,37+/m1/s1. The van der Waals surface area contributed by atoms with Gasteiger partial charge in [-0.2, -0.15) is 0 Å². The van der Waals surface area contributed by atoms with E-state index in [2.05, 4.69) is 6.08 Å². The van der Waals surface area contributed by atoms with Crippen LogP contribution in [0, 0.1) is 41.4 Å². The van der Waals surface area contributed by atoms with Crippen molar-refractivity contribution >= 4 is 23.7 Å². The number of hydrogen-bond acceptors (Lipinski definition) is 12. The van der Waals surface area contributed by atoms with E-state index in [9.17, 15) is 19.2 Å². The van der Waals surface area contributed by atoms with E-state index in [-0.39, 0.29) is 78.1 Å². The number of esters is 3. The normalized spacial score (nSPS) is 45.4. The monoisotopic (exact) mass is 690 g/mol. The summed E-state index contributed by atoms with van der Waals surface area (Å²) in [4.78, 5) is 53.0. The summed E-state index contributed by atoms with van der Waals surface area (Å²) in [5.41, 5.74) is 0.564. The molecule has 6 rings (SSSR count). The highest BCUT2D eigenvalue weighted by Crippen LogP contribution is 2.61. The second-order valence-electron chi connectivity index (χ2n) is 15.0. The molecule has 0 aromatic rings. The second kappa shape index (κ2) is 15.1. The number of carbonyl (C=O) groups excluding carboxylic acids is 4. The SMILES string of the molecule is CC[C@H]1CCC[C@H](OC(C)=O)[C@@H](C)C(=O)C2=C[C@H]3[C@@H]4C[C@H](O[C@@H]5OC(C)[C@H](OC)[C@@H](OC)C5OC)C[C@H]4C4CC(=O)OC4[C@H]3[C@@H]2CC(=O)O1. The van der Waals surface area contributed by atoms with Crippen LogP contribution in [-0.2, 0) is 57.1 Å². The van der Waals surface area contributed by atoms with E-state index in [1.807, 2.05) is 20.8 Å². The van der Waals surface area contributed by atoms with Crippen LogP contribution in [0.4, 0.5) is 0 Å². The highest BCUT2D eigenvalue weighted by molar-refractivity contribution is 5.99.